The third-order valence-electron chi connectivity index (χ3n) is 1.34. The van der Waals surface area contributed by atoms with Gasteiger partial charge in [-0.25, -0.2) is 0 Å². The summed E-state index contributed by atoms with van der Waals surface area (Å²) >= 11 is 0. The van der Waals surface area contributed by atoms with Crippen LogP contribution in [0.4, 0.5) is 0 Å². The first-order valence-corrected chi connectivity index (χ1v) is 3.64. The highest BCUT2D eigenvalue weighted by molar-refractivity contribution is 5.86. The Hall–Kier alpha value is -1.32. The van der Waals surface area contributed by atoms with E-state index in [-0.39, 0.29) is 0 Å². The van der Waals surface area contributed by atoms with Crippen molar-refractivity contribution in [1.29, 1.82) is 0 Å². The molecule has 4 heteroatoms. The molecule has 4 N–H and O–H groups in total. The summed E-state index contributed by atoms with van der Waals surface area (Å²) < 4.78 is 0. The predicted octanol–water partition coefficient (Wildman–Crippen LogP) is 0.184. The first kappa shape index (κ1) is 10.7. The number of carbonyl (C=O) groups excluding carboxylic acids is 1. The van der Waals surface area contributed by atoms with Crippen molar-refractivity contribution in [2.45, 2.75) is 26.3 Å². The first-order valence-electron chi connectivity index (χ1n) is 3.64. The van der Waals surface area contributed by atoms with Gasteiger partial charge in [0.1, 0.15) is 5.54 Å². The number of nitrogens with zero attached hydrogens (tertiary/aromatic N) is 1. The van der Waals surface area contributed by atoms with Crippen molar-refractivity contribution in [3.8, 4) is 0 Å². The first-order chi connectivity index (χ1) is 5.36. The van der Waals surface area contributed by atoms with E-state index >= 15 is 0 Å². The Bertz CT molecular complexity index is 224. The fourth-order valence-corrected chi connectivity index (χ4v) is 0.405. The van der Waals surface area contributed by atoms with Gasteiger partial charge in [0.05, 0.1) is 0 Å². The molecule has 0 rings (SSSR count). The summed E-state index contributed by atoms with van der Waals surface area (Å²) in [6.07, 6.45) is 3.10. The van der Waals surface area contributed by atoms with Crippen molar-refractivity contribution < 1.29 is 4.79 Å². The standard InChI is InChI=1S/C8H15N3O/c1-6(9)4-5-11-8(2,3)7(10)12/h4-5H,9H2,1-3H3,(H2,10,12). The number of hydrogen-bond acceptors (Lipinski definition) is 3. The van der Waals surface area contributed by atoms with Crippen molar-refractivity contribution in [2.24, 2.45) is 16.5 Å². The zero-order valence-corrected chi connectivity index (χ0v) is 7.66. The molecule has 0 saturated carbocycles. The Morgan fingerprint density at radius 1 is 1.42 bits per heavy atom. The van der Waals surface area contributed by atoms with Crippen molar-refractivity contribution >= 4 is 12.1 Å². The molecule has 0 heterocycles. The topological polar surface area (TPSA) is 81.5 Å². The highest BCUT2D eigenvalue weighted by Gasteiger charge is 2.21. The minimum absolute atomic E-state index is 0.457. The maximum absolute atomic E-state index is 10.8. The molecule has 0 aliphatic rings. The Labute approximate surface area is 72.3 Å². The van der Waals surface area contributed by atoms with Crippen LogP contribution >= 0.6 is 0 Å². The smallest absolute Gasteiger partial charge is 0.244 e. The molecule has 68 valence electrons. The van der Waals surface area contributed by atoms with Crippen molar-refractivity contribution in [2.75, 3.05) is 0 Å². The fraction of sp³-hybridized carbons (Fsp3) is 0.500. The van der Waals surface area contributed by atoms with Crippen LogP contribution in [0.5, 0.6) is 0 Å². The van der Waals surface area contributed by atoms with E-state index in [1.54, 1.807) is 26.8 Å². The van der Waals surface area contributed by atoms with E-state index in [1.807, 2.05) is 0 Å². The van der Waals surface area contributed by atoms with Crippen LogP contribution in [0.15, 0.2) is 16.8 Å². The van der Waals surface area contributed by atoms with E-state index in [4.69, 9.17) is 11.5 Å². The third-order valence-corrected chi connectivity index (χ3v) is 1.34. The molecule has 0 radical (unpaired) electrons. The number of aliphatic imine (C=N–C) groups is 1. The Morgan fingerprint density at radius 2 is 1.92 bits per heavy atom. The van der Waals surface area contributed by atoms with Crippen LogP contribution in [0.2, 0.25) is 0 Å². The van der Waals surface area contributed by atoms with Gasteiger partial charge in [-0.1, -0.05) is 0 Å². The van der Waals surface area contributed by atoms with E-state index in [1.165, 1.54) is 6.21 Å². The van der Waals surface area contributed by atoms with Gasteiger partial charge in [0.25, 0.3) is 0 Å². The van der Waals surface area contributed by atoms with Crippen LogP contribution in [0, 0.1) is 0 Å². The second kappa shape index (κ2) is 3.90. The van der Waals surface area contributed by atoms with Gasteiger partial charge in [-0.2, -0.15) is 0 Å². The van der Waals surface area contributed by atoms with Crippen LogP contribution in [-0.4, -0.2) is 17.7 Å². The van der Waals surface area contributed by atoms with Gasteiger partial charge in [0, 0.05) is 11.9 Å². The molecule has 0 spiro atoms. The lowest BCUT2D eigenvalue weighted by atomic mass is 10.1. The van der Waals surface area contributed by atoms with Gasteiger partial charge in [0.2, 0.25) is 5.91 Å². The van der Waals surface area contributed by atoms with E-state index in [9.17, 15) is 4.79 Å². The zero-order chi connectivity index (χ0) is 9.78. The van der Waals surface area contributed by atoms with Gasteiger partial charge in [0.15, 0.2) is 0 Å². The maximum Gasteiger partial charge on any atom is 0.244 e. The molecule has 4 nitrogen and oxygen atoms in total. The molecule has 1 amide bonds. The molecular weight excluding hydrogens is 154 g/mol. The number of carbonyl (C=O) groups is 1. The van der Waals surface area contributed by atoms with Gasteiger partial charge in [-0.3, -0.25) is 9.79 Å². The predicted molar refractivity (Wildman–Crippen MR) is 49.7 cm³/mol. The van der Waals surface area contributed by atoms with Crippen molar-refractivity contribution in [3.63, 3.8) is 0 Å². The minimum atomic E-state index is -0.855. The molecule has 12 heavy (non-hydrogen) atoms. The Morgan fingerprint density at radius 3 is 2.25 bits per heavy atom. The number of amides is 1. The monoisotopic (exact) mass is 169 g/mol. The summed E-state index contributed by atoms with van der Waals surface area (Å²) in [5, 5.41) is 0. The van der Waals surface area contributed by atoms with Gasteiger partial charge < -0.3 is 11.5 Å². The lowest BCUT2D eigenvalue weighted by Gasteiger charge is -2.13. The van der Waals surface area contributed by atoms with Gasteiger partial charge in [-0.15, -0.1) is 0 Å². The number of nitrogens with two attached hydrogens (primary N) is 2. The van der Waals surface area contributed by atoms with Crippen LogP contribution < -0.4 is 11.5 Å². The van der Waals surface area contributed by atoms with Gasteiger partial charge in [-0.05, 0) is 26.8 Å². The Kier molecular flexibility index (Phi) is 3.47. The van der Waals surface area contributed by atoms with E-state index in [2.05, 4.69) is 4.99 Å². The fourth-order valence-electron chi connectivity index (χ4n) is 0.405. The summed E-state index contributed by atoms with van der Waals surface area (Å²) in [6.45, 7) is 5.03. The van der Waals surface area contributed by atoms with E-state index in [0.29, 0.717) is 5.70 Å². The maximum atomic E-state index is 10.8. The molecule has 0 aliphatic carbocycles. The lowest BCUT2D eigenvalue weighted by molar-refractivity contribution is -0.121. The number of allylic oxidation sites excluding steroid dienone is 2. The number of hydrogen-bond donors (Lipinski definition) is 2. The summed E-state index contributed by atoms with van der Waals surface area (Å²) in [5.74, 6) is -0.457. The van der Waals surface area contributed by atoms with Gasteiger partial charge >= 0.3 is 0 Å². The summed E-state index contributed by atoms with van der Waals surface area (Å²) in [7, 11) is 0. The molecule has 0 saturated heterocycles. The third kappa shape index (κ3) is 3.75. The van der Waals surface area contributed by atoms with E-state index in [0.717, 1.165) is 0 Å². The Balaban J connectivity index is 4.34. The molecule has 0 aromatic carbocycles. The van der Waals surface area contributed by atoms with Crippen molar-refractivity contribution in [3.05, 3.63) is 11.8 Å². The second-order valence-corrected chi connectivity index (χ2v) is 3.11. The average Bonchev–Trinajstić information content (AvgIpc) is 1.85. The molecule has 0 unspecified atom stereocenters. The number of rotatable bonds is 3. The second-order valence-electron chi connectivity index (χ2n) is 3.11. The molecule has 0 atom stereocenters. The zero-order valence-electron chi connectivity index (χ0n) is 7.66. The summed E-state index contributed by atoms with van der Waals surface area (Å²) in [6, 6.07) is 0. The normalized spacial score (nSPS) is 13.8. The summed E-state index contributed by atoms with van der Waals surface area (Å²) in [4.78, 5) is 14.7. The highest BCUT2D eigenvalue weighted by Crippen LogP contribution is 2.05. The van der Waals surface area contributed by atoms with Crippen LogP contribution in [0.25, 0.3) is 0 Å². The van der Waals surface area contributed by atoms with Crippen LogP contribution in [0.3, 0.4) is 0 Å². The van der Waals surface area contributed by atoms with Crippen molar-refractivity contribution in [1.82, 2.24) is 0 Å². The van der Waals surface area contributed by atoms with E-state index < -0.39 is 11.4 Å². The largest absolute Gasteiger partial charge is 0.402 e. The van der Waals surface area contributed by atoms with Crippen LogP contribution in [0.1, 0.15) is 20.8 Å². The SMILES string of the molecule is CC(N)=CC=NC(C)(C)C(N)=O. The number of primary amides is 1. The lowest BCUT2D eigenvalue weighted by Crippen LogP contribution is -2.36. The molecule has 0 aliphatic heterocycles. The quantitative estimate of drug-likeness (QED) is 0.591. The average molecular weight is 169 g/mol. The molecule has 0 bridgehead atoms. The molecule has 0 fully saturated rings. The molecule has 0 aromatic rings. The minimum Gasteiger partial charge on any atom is -0.402 e. The summed E-state index contributed by atoms with van der Waals surface area (Å²) in [5.41, 5.74) is 10.2. The van der Waals surface area contributed by atoms with Crippen LogP contribution in [-0.2, 0) is 4.79 Å². The molecular formula is C8H15N3O. The highest BCUT2D eigenvalue weighted by atomic mass is 16.1. The molecule has 0 aromatic heterocycles.